The van der Waals surface area contributed by atoms with Gasteiger partial charge in [0.1, 0.15) is 23.1 Å². The van der Waals surface area contributed by atoms with Crippen molar-refractivity contribution in [2.45, 2.75) is 19.3 Å². The van der Waals surface area contributed by atoms with Crippen LogP contribution in [0.2, 0.25) is 0 Å². The molecule has 0 aliphatic rings. The number of alkyl halides is 3. The van der Waals surface area contributed by atoms with Crippen molar-refractivity contribution in [1.82, 2.24) is 14.4 Å². The second-order valence-electron chi connectivity index (χ2n) is 10.00. The van der Waals surface area contributed by atoms with Crippen molar-refractivity contribution in [3.8, 4) is 11.8 Å². The molecule has 4 aromatic rings. The third-order valence-electron chi connectivity index (χ3n) is 6.13. The minimum Gasteiger partial charge on any atom is -0.542 e. The number of nitrogens with zero attached hydrogens (tertiary/aromatic N) is 3. The molecule has 0 bridgehead atoms. The summed E-state index contributed by atoms with van der Waals surface area (Å²) in [5.74, 6) is -2.42. The Bertz CT molecular complexity index is 1580. The molecule has 0 saturated heterocycles. The highest BCUT2D eigenvalue weighted by Crippen LogP contribution is 2.26. The summed E-state index contributed by atoms with van der Waals surface area (Å²) in [6.45, 7) is 0.914. The number of nitrogens with one attached hydrogen (secondary N) is 1. The van der Waals surface area contributed by atoms with E-state index in [1.165, 1.54) is 5.69 Å². The molecule has 0 unspecified atom stereocenters. The third kappa shape index (κ3) is 8.09. The first-order chi connectivity index (χ1) is 19.2. The van der Waals surface area contributed by atoms with E-state index < -0.39 is 12.1 Å². The van der Waals surface area contributed by atoms with Crippen LogP contribution in [-0.4, -0.2) is 50.9 Å². The molecule has 1 amide bonds. The minimum atomic E-state index is -5.19. The largest absolute Gasteiger partial charge is 0.542 e. The Hall–Kier alpha value is -4.82. The molecule has 0 spiro atoms. The molecule has 0 radical (unpaired) electrons. The van der Waals surface area contributed by atoms with E-state index in [0.717, 1.165) is 32.3 Å². The number of carboxylic acids is 1. The van der Waals surface area contributed by atoms with Crippen molar-refractivity contribution in [2.75, 3.05) is 28.3 Å². The molecule has 1 heterocycles. The van der Waals surface area contributed by atoms with Gasteiger partial charge in [0.2, 0.25) is 0 Å². The molecule has 214 valence electrons. The zero-order valence-electron chi connectivity index (χ0n) is 23.0. The van der Waals surface area contributed by atoms with E-state index in [1.807, 2.05) is 59.2 Å². The van der Waals surface area contributed by atoms with Crippen LogP contribution in [0.3, 0.4) is 0 Å². The summed E-state index contributed by atoms with van der Waals surface area (Å²) < 4.78 is 39.6. The number of nitriles is 1. The quantitative estimate of drug-likeness (QED) is 0.341. The monoisotopic (exact) mass is 566 g/mol. The summed E-state index contributed by atoms with van der Waals surface area (Å²) in [4.78, 5) is 22.1. The molecule has 41 heavy (non-hydrogen) atoms. The normalized spacial score (nSPS) is 11.3. The van der Waals surface area contributed by atoms with Gasteiger partial charge in [-0.05, 0) is 59.7 Å². The van der Waals surface area contributed by atoms with Gasteiger partial charge in [-0.3, -0.25) is 9.28 Å². The number of carbonyl (C=O) groups excluding carboxylic acids is 2. The van der Waals surface area contributed by atoms with Gasteiger partial charge in [-0.1, -0.05) is 24.3 Å². The number of amides is 1. The van der Waals surface area contributed by atoms with Gasteiger partial charge in [-0.2, -0.15) is 18.4 Å². The van der Waals surface area contributed by atoms with E-state index >= 15 is 0 Å². The zero-order valence-corrected chi connectivity index (χ0v) is 23.0. The molecule has 0 aliphatic heterocycles. The lowest BCUT2D eigenvalue weighted by Crippen LogP contribution is -2.37. The Morgan fingerprint density at radius 2 is 1.66 bits per heavy atom. The van der Waals surface area contributed by atoms with E-state index in [4.69, 9.17) is 14.6 Å². The summed E-state index contributed by atoms with van der Waals surface area (Å²) in [6, 6.07) is 25.6. The van der Waals surface area contributed by atoms with Gasteiger partial charge in [0, 0.05) is 24.0 Å². The fourth-order valence-electron chi connectivity index (χ4n) is 3.99. The molecular weight excluding hydrogens is 537 g/mol. The van der Waals surface area contributed by atoms with Crippen molar-refractivity contribution in [3.63, 3.8) is 0 Å². The van der Waals surface area contributed by atoms with Gasteiger partial charge < -0.3 is 24.5 Å². The highest BCUT2D eigenvalue weighted by molar-refractivity contribution is 5.99. The van der Waals surface area contributed by atoms with Crippen LogP contribution in [0.4, 0.5) is 18.9 Å². The summed E-state index contributed by atoms with van der Waals surface area (Å²) >= 11 is 0. The molecule has 0 aliphatic carbocycles. The van der Waals surface area contributed by atoms with Gasteiger partial charge in [-0.25, -0.2) is 0 Å². The van der Waals surface area contributed by atoms with Crippen LogP contribution in [-0.2, 0) is 17.9 Å². The third-order valence-corrected chi connectivity index (χ3v) is 6.13. The van der Waals surface area contributed by atoms with Gasteiger partial charge in [0.05, 0.1) is 39.9 Å². The number of carbonyl (C=O) groups is 2. The first-order valence-corrected chi connectivity index (χ1v) is 12.4. The molecule has 0 atom stereocenters. The Balaban J connectivity index is 0.000000587. The molecule has 4 rings (SSSR count). The van der Waals surface area contributed by atoms with Gasteiger partial charge >= 0.3 is 6.18 Å². The van der Waals surface area contributed by atoms with Crippen LogP contribution < -0.4 is 19.6 Å². The second kappa shape index (κ2) is 12.6. The molecule has 1 N–H and O–H groups in total. The van der Waals surface area contributed by atoms with Crippen molar-refractivity contribution in [1.29, 1.82) is 5.26 Å². The number of rotatable bonds is 7. The summed E-state index contributed by atoms with van der Waals surface area (Å²) in [5.41, 5.74) is 5.28. The fourth-order valence-corrected chi connectivity index (χ4v) is 3.99. The topological polar surface area (TPSA) is 107 Å². The minimum absolute atomic E-state index is 0.151. The molecule has 1 aromatic heterocycles. The van der Waals surface area contributed by atoms with Crippen molar-refractivity contribution in [3.05, 3.63) is 95.2 Å². The first-order valence-electron chi connectivity index (χ1n) is 12.4. The number of fused-ring (bicyclic) bond motifs is 1. The van der Waals surface area contributed by atoms with Crippen LogP contribution in [0.1, 0.15) is 27.2 Å². The van der Waals surface area contributed by atoms with Crippen molar-refractivity contribution >= 4 is 28.5 Å². The highest BCUT2D eigenvalue weighted by atomic mass is 19.4. The summed E-state index contributed by atoms with van der Waals surface area (Å²) in [7, 11) is 7.99. The number of aliphatic carboxylic acids is 1. The number of halogens is 3. The van der Waals surface area contributed by atoms with Crippen LogP contribution in [0.15, 0.2) is 72.8 Å². The number of quaternary nitrogens is 1. The second-order valence-corrected chi connectivity index (χ2v) is 10.00. The van der Waals surface area contributed by atoms with Crippen molar-refractivity contribution < 1.29 is 32.6 Å². The fraction of sp³-hybridized carbons (Fsp3) is 0.233. The maximum absolute atomic E-state index is 13.3. The number of carboxylic acid groups (broad SMARTS) is 1. The van der Waals surface area contributed by atoms with E-state index in [0.29, 0.717) is 24.3 Å². The highest BCUT2D eigenvalue weighted by Gasteiger charge is 2.28. The number of benzene rings is 3. The van der Waals surface area contributed by atoms with E-state index in [9.17, 15) is 23.2 Å². The Labute approximate surface area is 235 Å². The number of methoxy groups -OCH3 is 1. The Morgan fingerprint density at radius 3 is 2.22 bits per heavy atom. The first kappa shape index (κ1) is 30.7. The van der Waals surface area contributed by atoms with Gasteiger partial charge in [0.25, 0.3) is 5.91 Å². The van der Waals surface area contributed by atoms with E-state index in [-0.39, 0.29) is 5.91 Å². The number of aromatic nitrogens is 1. The standard InChI is InChI=1S/C28H28N4O2.C2HF3O2/c1-32(2,3)24-10-8-20(9-11-24)18-30-28(33)27-16-23-15-25(34-4)12-13-26(23)31(27)19-22-7-5-6-21(14-22)17-29;3-2(4,5)1(6)7/h5-16H,18-19H2,1-4H3;(H,6,7). The smallest absolute Gasteiger partial charge is 0.430 e. The number of hydrogen-bond donors (Lipinski definition) is 1. The lowest BCUT2D eigenvalue weighted by atomic mass is 10.1. The maximum Gasteiger partial charge on any atom is 0.430 e. The van der Waals surface area contributed by atoms with Crippen LogP contribution in [0.5, 0.6) is 5.75 Å². The summed E-state index contributed by atoms with van der Waals surface area (Å²) in [6.07, 6.45) is -5.19. The molecule has 0 fully saturated rings. The van der Waals surface area contributed by atoms with Crippen LogP contribution in [0, 0.1) is 11.3 Å². The lowest BCUT2D eigenvalue weighted by molar-refractivity contribution is -0.344. The van der Waals surface area contributed by atoms with Crippen LogP contribution in [0.25, 0.3) is 10.9 Å². The molecule has 8 nitrogen and oxygen atoms in total. The van der Waals surface area contributed by atoms with Crippen molar-refractivity contribution in [2.24, 2.45) is 0 Å². The Kier molecular flexibility index (Phi) is 9.42. The summed E-state index contributed by atoms with van der Waals surface area (Å²) in [5, 5.41) is 22.0. The Morgan fingerprint density at radius 1 is 1.00 bits per heavy atom. The number of hydrogen-bond acceptors (Lipinski definition) is 5. The predicted octanol–water partition coefficient (Wildman–Crippen LogP) is 4.00. The molecule has 11 heteroatoms. The average Bonchev–Trinajstić information content (AvgIpc) is 3.28. The van der Waals surface area contributed by atoms with Crippen LogP contribution >= 0.6 is 0 Å². The lowest BCUT2D eigenvalue weighted by Gasteiger charge is -2.23. The van der Waals surface area contributed by atoms with Gasteiger partial charge in [-0.15, -0.1) is 0 Å². The van der Waals surface area contributed by atoms with E-state index in [2.05, 4.69) is 44.7 Å². The van der Waals surface area contributed by atoms with Gasteiger partial charge in [0.15, 0.2) is 0 Å². The molecular formula is C30H29F3N4O4. The van der Waals surface area contributed by atoms with E-state index in [1.54, 1.807) is 13.2 Å². The zero-order chi connectivity index (χ0) is 30.4. The SMILES string of the molecule is COc1ccc2c(c1)cc(C(=O)NCc1ccc([N+](C)(C)C)cc1)n2Cc1cccc(C#N)c1.O=C([O-])C(F)(F)F. The molecule has 3 aromatic carbocycles. The predicted molar refractivity (Wildman–Crippen MR) is 147 cm³/mol. The number of ether oxygens (including phenoxy) is 1. The molecule has 0 saturated carbocycles. The maximum atomic E-state index is 13.3. The average molecular weight is 567 g/mol.